The van der Waals surface area contributed by atoms with Crippen LogP contribution in [0.3, 0.4) is 0 Å². The summed E-state index contributed by atoms with van der Waals surface area (Å²) in [5.41, 5.74) is 0. The average Bonchev–Trinajstić information content (AvgIpc) is 2.62. The molecular weight excluding hydrogens is 244 g/mol. The Kier molecular flexibility index (Phi) is 6.53. The Balaban J connectivity index is 1.65. The van der Waals surface area contributed by atoms with Crippen LogP contribution in [0, 0.1) is 0 Å². The molecule has 5 heteroatoms. The Morgan fingerprint density at radius 3 is 2.68 bits per heavy atom. The van der Waals surface area contributed by atoms with Gasteiger partial charge in [-0.2, -0.15) is 0 Å². The van der Waals surface area contributed by atoms with Gasteiger partial charge in [-0.15, -0.1) is 0 Å². The van der Waals surface area contributed by atoms with E-state index in [-0.39, 0.29) is 18.2 Å². The Morgan fingerprint density at radius 2 is 1.89 bits per heavy atom. The first-order valence-corrected chi connectivity index (χ1v) is 7.65. The topological polar surface area (TPSA) is 65.0 Å². The van der Waals surface area contributed by atoms with Gasteiger partial charge in [-0.1, -0.05) is 19.3 Å². The number of ether oxygens (including phenoxy) is 1. The molecule has 3 unspecified atom stereocenters. The van der Waals surface area contributed by atoms with Gasteiger partial charge in [-0.3, -0.25) is 4.90 Å². The van der Waals surface area contributed by atoms with E-state index in [1.165, 1.54) is 12.8 Å². The Labute approximate surface area is 115 Å². The largest absolute Gasteiger partial charge is 0.392 e. The molecule has 0 aromatic carbocycles. The van der Waals surface area contributed by atoms with Crippen molar-refractivity contribution in [1.29, 1.82) is 0 Å². The van der Waals surface area contributed by atoms with Gasteiger partial charge in [0.05, 0.1) is 25.4 Å². The van der Waals surface area contributed by atoms with E-state index in [9.17, 15) is 10.2 Å². The molecule has 3 N–H and O–H groups in total. The summed E-state index contributed by atoms with van der Waals surface area (Å²) in [6.45, 7) is 4.60. The molecule has 2 fully saturated rings. The summed E-state index contributed by atoms with van der Waals surface area (Å²) in [5, 5.41) is 23.4. The summed E-state index contributed by atoms with van der Waals surface area (Å²) in [7, 11) is 0. The van der Waals surface area contributed by atoms with Gasteiger partial charge in [0.2, 0.25) is 0 Å². The Hall–Kier alpha value is -0.200. The first-order valence-electron chi connectivity index (χ1n) is 7.65. The fourth-order valence-corrected chi connectivity index (χ4v) is 2.96. The van der Waals surface area contributed by atoms with Crippen molar-refractivity contribution in [2.45, 2.75) is 50.4 Å². The lowest BCUT2D eigenvalue weighted by Gasteiger charge is -2.29. The van der Waals surface area contributed by atoms with E-state index in [1.807, 2.05) is 0 Å². The zero-order valence-corrected chi connectivity index (χ0v) is 11.8. The molecular formula is C14H28N2O3. The van der Waals surface area contributed by atoms with Crippen molar-refractivity contribution in [2.75, 3.05) is 39.4 Å². The molecule has 1 saturated heterocycles. The van der Waals surface area contributed by atoms with Crippen LogP contribution >= 0.6 is 0 Å². The number of hydrogen-bond donors (Lipinski definition) is 3. The molecule has 0 amide bonds. The van der Waals surface area contributed by atoms with E-state index >= 15 is 0 Å². The van der Waals surface area contributed by atoms with Crippen molar-refractivity contribution in [3.8, 4) is 0 Å². The number of nitrogens with one attached hydrogen (secondary N) is 1. The van der Waals surface area contributed by atoms with Crippen molar-refractivity contribution >= 4 is 0 Å². The molecule has 0 spiro atoms. The molecule has 3 atom stereocenters. The van der Waals surface area contributed by atoms with E-state index in [0.29, 0.717) is 13.1 Å². The zero-order valence-electron chi connectivity index (χ0n) is 11.8. The number of hydrogen-bond acceptors (Lipinski definition) is 5. The second-order valence-corrected chi connectivity index (χ2v) is 5.79. The minimum Gasteiger partial charge on any atom is -0.392 e. The van der Waals surface area contributed by atoms with Gasteiger partial charge in [0.1, 0.15) is 0 Å². The predicted molar refractivity (Wildman–Crippen MR) is 74.1 cm³/mol. The molecule has 2 rings (SSSR count). The maximum atomic E-state index is 10.1. The molecule has 0 radical (unpaired) electrons. The number of morpholine rings is 1. The molecule has 112 valence electrons. The molecule has 2 aliphatic rings. The van der Waals surface area contributed by atoms with Crippen LogP contribution < -0.4 is 5.32 Å². The smallest absolute Gasteiger partial charge is 0.0791 e. The monoisotopic (exact) mass is 272 g/mol. The van der Waals surface area contributed by atoms with Gasteiger partial charge in [0.25, 0.3) is 0 Å². The number of nitrogens with zero attached hydrogens (tertiary/aromatic N) is 1. The van der Waals surface area contributed by atoms with Crippen LogP contribution in [0.25, 0.3) is 0 Å². The van der Waals surface area contributed by atoms with Crippen molar-refractivity contribution in [3.05, 3.63) is 0 Å². The summed E-state index contributed by atoms with van der Waals surface area (Å²) in [5.74, 6) is 0. The third-order valence-corrected chi connectivity index (χ3v) is 4.17. The minimum absolute atomic E-state index is 0.154. The van der Waals surface area contributed by atoms with Crippen molar-refractivity contribution < 1.29 is 14.9 Å². The zero-order chi connectivity index (χ0) is 13.5. The van der Waals surface area contributed by atoms with Crippen LogP contribution in [0.5, 0.6) is 0 Å². The molecule has 0 aromatic rings. The second-order valence-electron chi connectivity index (χ2n) is 5.79. The van der Waals surface area contributed by atoms with E-state index in [4.69, 9.17) is 4.74 Å². The van der Waals surface area contributed by atoms with Crippen molar-refractivity contribution in [3.63, 3.8) is 0 Å². The van der Waals surface area contributed by atoms with Gasteiger partial charge in [0, 0.05) is 32.2 Å². The molecule has 0 aromatic heterocycles. The van der Waals surface area contributed by atoms with Crippen molar-refractivity contribution in [1.82, 2.24) is 10.2 Å². The van der Waals surface area contributed by atoms with E-state index < -0.39 is 0 Å². The van der Waals surface area contributed by atoms with Gasteiger partial charge in [-0.25, -0.2) is 0 Å². The lowest BCUT2D eigenvalue weighted by molar-refractivity contribution is 0.0130. The first-order chi connectivity index (χ1) is 9.25. The maximum absolute atomic E-state index is 10.1. The number of aliphatic hydroxyl groups is 2. The van der Waals surface area contributed by atoms with Crippen LogP contribution in [0.2, 0.25) is 0 Å². The molecule has 0 bridgehead atoms. The van der Waals surface area contributed by atoms with E-state index in [1.54, 1.807) is 0 Å². The second kappa shape index (κ2) is 8.17. The van der Waals surface area contributed by atoms with Gasteiger partial charge in [-0.05, 0) is 12.8 Å². The third-order valence-electron chi connectivity index (χ3n) is 4.17. The summed E-state index contributed by atoms with van der Waals surface area (Å²) in [4.78, 5) is 2.24. The number of β-amino-alcohol motifs (C(OH)–C–C–N with tert-alkyl or cyclic N) is 1. The molecule has 19 heavy (non-hydrogen) atoms. The highest BCUT2D eigenvalue weighted by Gasteiger charge is 2.22. The highest BCUT2D eigenvalue weighted by atomic mass is 16.5. The average molecular weight is 272 g/mol. The summed E-state index contributed by atoms with van der Waals surface area (Å²) in [6, 6.07) is 0.154. The van der Waals surface area contributed by atoms with Crippen molar-refractivity contribution in [2.24, 2.45) is 0 Å². The molecule has 1 aliphatic carbocycles. The van der Waals surface area contributed by atoms with Crippen LogP contribution in [-0.2, 0) is 4.74 Å². The highest BCUT2D eigenvalue weighted by Crippen LogP contribution is 2.17. The lowest BCUT2D eigenvalue weighted by atomic mass is 10.1. The summed E-state index contributed by atoms with van der Waals surface area (Å²) >= 11 is 0. The van der Waals surface area contributed by atoms with E-state index in [2.05, 4.69) is 10.2 Å². The minimum atomic E-state index is -0.367. The van der Waals surface area contributed by atoms with Crippen LogP contribution in [0.15, 0.2) is 0 Å². The normalized spacial score (nSPS) is 31.9. The number of aliphatic hydroxyl groups excluding tert-OH is 2. The van der Waals surface area contributed by atoms with Crippen LogP contribution in [0.1, 0.15) is 32.1 Å². The Bertz CT molecular complexity index is 247. The van der Waals surface area contributed by atoms with Gasteiger partial charge >= 0.3 is 0 Å². The van der Waals surface area contributed by atoms with Crippen LogP contribution in [-0.4, -0.2) is 72.8 Å². The van der Waals surface area contributed by atoms with E-state index in [0.717, 1.165) is 45.6 Å². The molecule has 1 aliphatic heterocycles. The SMILES string of the molecule is OC(CNC1CCCCCC1O)CN1CCOCC1. The van der Waals surface area contributed by atoms with Gasteiger partial charge in [0.15, 0.2) is 0 Å². The quantitative estimate of drug-likeness (QED) is 0.613. The predicted octanol–water partition coefficient (Wildman–Crippen LogP) is -0.0373. The van der Waals surface area contributed by atoms with Gasteiger partial charge < -0.3 is 20.3 Å². The standard InChI is InChI=1S/C14H28N2O3/c17-12(11-16-6-8-19-9-7-16)10-15-13-4-2-1-3-5-14(13)18/h12-15,17-18H,1-11H2. The fraction of sp³-hybridized carbons (Fsp3) is 1.00. The molecule has 1 heterocycles. The summed E-state index contributed by atoms with van der Waals surface area (Å²) in [6.07, 6.45) is 4.80. The van der Waals surface area contributed by atoms with Crippen LogP contribution in [0.4, 0.5) is 0 Å². The maximum Gasteiger partial charge on any atom is 0.0791 e. The number of rotatable bonds is 5. The molecule has 5 nitrogen and oxygen atoms in total. The third kappa shape index (κ3) is 5.36. The summed E-state index contributed by atoms with van der Waals surface area (Å²) < 4.78 is 5.29. The fourth-order valence-electron chi connectivity index (χ4n) is 2.96. The molecule has 1 saturated carbocycles. The lowest BCUT2D eigenvalue weighted by Crippen LogP contribution is -2.47. The Morgan fingerprint density at radius 1 is 1.16 bits per heavy atom. The highest BCUT2D eigenvalue weighted by molar-refractivity contribution is 4.80. The first kappa shape index (κ1) is 15.2.